The predicted molar refractivity (Wildman–Crippen MR) is 77.9 cm³/mol. The van der Waals surface area contributed by atoms with Crippen LogP contribution in [0.25, 0.3) is 0 Å². The lowest BCUT2D eigenvalue weighted by atomic mass is 9.92. The molecule has 0 spiro atoms. The Balaban J connectivity index is 0. The minimum Gasteiger partial charge on any atom is -0.0654 e. The van der Waals surface area contributed by atoms with Gasteiger partial charge in [0.1, 0.15) is 0 Å². The fraction of sp³-hybridized carbons (Fsp3) is 1.00. The predicted octanol–water partition coefficient (Wildman–Crippen LogP) is 6.30. The molecule has 0 saturated carbocycles. The Hall–Kier alpha value is 0. The maximum Gasteiger partial charge on any atom is -0.0420 e. The zero-order valence-electron chi connectivity index (χ0n) is 13.0. The van der Waals surface area contributed by atoms with E-state index in [1.165, 1.54) is 38.5 Å². The first-order chi connectivity index (χ1) is 7.53. The minimum absolute atomic E-state index is 0.917. The van der Waals surface area contributed by atoms with Gasteiger partial charge >= 0.3 is 0 Å². The van der Waals surface area contributed by atoms with E-state index in [4.69, 9.17) is 0 Å². The van der Waals surface area contributed by atoms with Crippen LogP contribution < -0.4 is 0 Å². The van der Waals surface area contributed by atoms with Crippen LogP contribution in [0, 0.1) is 17.8 Å². The number of hydrogen-bond acceptors (Lipinski definition) is 0. The van der Waals surface area contributed by atoms with E-state index in [-0.39, 0.29) is 0 Å². The van der Waals surface area contributed by atoms with Gasteiger partial charge in [0.2, 0.25) is 0 Å². The van der Waals surface area contributed by atoms with E-state index in [0.717, 1.165) is 17.8 Å². The van der Waals surface area contributed by atoms with Gasteiger partial charge in [0.15, 0.2) is 0 Å². The summed E-state index contributed by atoms with van der Waals surface area (Å²) in [6.45, 7) is 16.0. The van der Waals surface area contributed by atoms with Gasteiger partial charge in [0.25, 0.3) is 0 Å². The van der Waals surface area contributed by atoms with E-state index in [1.54, 1.807) is 0 Å². The molecule has 0 heterocycles. The van der Waals surface area contributed by atoms with Crippen LogP contribution in [0.5, 0.6) is 0 Å². The highest BCUT2D eigenvalue weighted by molar-refractivity contribution is 4.56. The molecule has 0 aliphatic rings. The summed E-state index contributed by atoms with van der Waals surface area (Å²) >= 11 is 0. The van der Waals surface area contributed by atoms with Crippen molar-refractivity contribution in [2.45, 2.75) is 87.0 Å². The van der Waals surface area contributed by atoms with E-state index >= 15 is 0 Å². The molecule has 100 valence electrons. The van der Waals surface area contributed by atoms with Gasteiger partial charge in [-0.3, -0.25) is 0 Å². The van der Waals surface area contributed by atoms with Crippen molar-refractivity contribution in [3.05, 3.63) is 0 Å². The lowest BCUT2D eigenvalue weighted by Crippen LogP contribution is -2.04. The molecule has 0 fully saturated rings. The fourth-order valence-electron chi connectivity index (χ4n) is 1.56. The van der Waals surface area contributed by atoms with Crippen LogP contribution >= 0.6 is 0 Å². The summed E-state index contributed by atoms with van der Waals surface area (Å²) in [7, 11) is 0. The second kappa shape index (κ2) is 13.1. The fourth-order valence-corrected chi connectivity index (χ4v) is 1.56. The molecule has 3 unspecified atom stereocenters. The van der Waals surface area contributed by atoms with E-state index in [1.807, 2.05) is 0 Å². The molecule has 3 atom stereocenters. The third kappa shape index (κ3) is 12.1. The van der Waals surface area contributed by atoms with Crippen molar-refractivity contribution >= 4 is 0 Å². The van der Waals surface area contributed by atoms with Gasteiger partial charge in [0, 0.05) is 0 Å². The van der Waals surface area contributed by atoms with Crippen molar-refractivity contribution in [1.82, 2.24) is 0 Å². The molecule has 0 aliphatic carbocycles. The number of rotatable bonds is 7. The largest absolute Gasteiger partial charge is 0.0654 e. The van der Waals surface area contributed by atoms with Gasteiger partial charge < -0.3 is 0 Å². The first-order valence-corrected chi connectivity index (χ1v) is 7.53. The Kier molecular flexibility index (Phi) is 15.0. The molecule has 0 rings (SSSR count). The van der Waals surface area contributed by atoms with Crippen molar-refractivity contribution in [2.24, 2.45) is 17.8 Å². The average molecular weight is 228 g/mol. The summed E-state index contributed by atoms with van der Waals surface area (Å²) in [5, 5.41) is 0. The SMILES string of the molecule is CCC(C)C(C)CC.CCCCC(C)CC. The van der Waals surface area contributed by atoms with Crippen molar-refractivity contribution in [3.8, 4) is 0 Å². The maximum absolute atomic E-state index is 2.33. The quantitative estimate of drug-likeness (QED) is 0.479. The molecule has 0 radical (unpaired) electrons. The summed E-state index contributed by atoms with van der Waals surface area (Å²) in [6.07, 6.45) is 8.19. The van der Waals surface area contributed by atoms with Crippen molar-refractivity contribution in [3.63, 3.8) is 0 Å². The van der Waals surface area contributed by atoms with Crippen LogP contribution in [-0.2, 0) is 0 Å². The lowest BCUT2D eigenvalue weighted by molar-refractivity contribution is 0.367. The second-order valence-electron chi connectivity index (χ2n) is 5.43. The summed E-state index contributed by atoms with van der Waals surface area (Å²) in [5.41, 5.74) is 0. The summed E-state index contributed by atoms with van der Waals surface area (Å²) in [5.74, 6) is 2.79. The van der Waals surface area contributed by atoms with Crippen molar-refractivity contribution in [1.29, 1.82) is 0 Å². The van der Waals surface area contributed by atoms with Gasteiger partial charge in [-0.15, -0.1) is 0 Å². The monoisotopic (exact) mass is 228 g/mol. The topological polar surface area (TPSA) is 0 Å². The van der Waals surface area contributed by atoms with E-state index in [0.29, 0.717) is 0 Å². The molecule has 0 N–H and O–H groups in total. The third-order valence-electron chi connectivity index (χ3n) is 4.01. The highest BCUT2D eigenvalue weighted by atomic mass is 14.1. The van der Waals surface area contributed by atoms with Gasteiger partial charge in [-0.1, -0.05) is 87.0 Å². The molecule has 0 aromatic rings. The smallest absolute Gasteiger partial charge is 0.0420 e. The normalized spacial score (nSPS) is 15.9. The van der Waals surface area contributed by atoms with Crippen LogP contribution in [0.3, 0.4) is 0 Å². The van der Waals surface area contributed by atoms with Crippen LogP contribution in [0.15, 0.2) is 0 Å². The van der Waals surface area contributed by atoms with E-state index < -0.39 is 0 Å². The second-order valence-corrected chi connectivity index (χ2v) is 5.43. The molecule has 0 aromatic carbocycles. The Morgan fingerprint density at radius 2 is 1.12 bits per heavy atom. The standard InChI is InChI=1S/2C8H18/c1-5-7(3)8(4)6-2;1-4-6-7-8(3)5-2/h7-8H,5-6H2,1-4H3;8H,4-7H2,1-3H3. The Bertz CT molecular complexity index is 109. The van der Waals surface area contributed by atoms with Crippen LogP contribution in [0.1, 0.15) is 87.0 Å². The van der Waals surface area contributed by atoms with Gasteiger partial charge in [-0.2, -0.15) is 0 Å². The zero-order valence-corrected chi connectivity index (χ0v) is 13.0. The molecule has 0 amide bonds. The van der Waals surface area contributed by atoms with Gasteiger partial charge in [-0.25, -0.2) is 0 Å². The molecule has 0 bridgehead atoms. The van der Waals surface area contributed by atoms with E-state index in [9.17, 15) is 0 Å². The first-order valence-electron chi connectivity index (χ1n) is 7.53. The molecule has 16 heavy (non-hydrogen) atoms. The average Bonchev–Trinajstić information content (AvgIpc) is 2.34. The summed E-state index contributed by atoms with van der Waals surface area (Å²) < 4.78 is 0. The highest BCUT2D eigenvalue weighted by Gasteiger charge is 2.05. The molecular weight excluding hydrogens is 192 g/mol. The molecule has 0 nitrogen and oxygen atoms in total. The number of hydrogen-bond donors (Lipinski definition) is 0. The summed E-state index contributed by atoms with van der Waals surface area (Å²) in [4.78, 5) is 0. The Morgan fingerprint density at radius 1 is 0.688 bits per heavy atom. The van der Waals surface area contributed by atoms with E-state index in [2.05, 4.69) is 48.5 Å². The first kappa shape index (κ1) is 18.4. The lowest BCUT2D eigenvalue weighted by Gasteiger charge is -2.14. The third-order valence-corrected chi connectivity index (χ3v) is 4.01. The minimum atomic E-state index is 0.917. The Labute approximate surface area is 105 Å². The summed E-state index contributed by atoms with van der Waals surface area (Å²) in [6, 6.07) is 0. The Morgan fingerprint density at radius 3 is 1.38 bits per heavy atom. The highest BCUT2D eigenvalue weighted by Crippen LogP contribution is 2.16. The molecular formula is C16H36. The maximum atomic E-state index is 2.33. The molecule has 0 aliphatic heterocycles. The van der Waals surface area contributed by atoms with Crippen LogP contribution in [0.4, 0.5) is 0 Å². The number of unbranched alkanes of at least 4 members (excludes halogenated alkanes) is 1. The molecule has 0 heteroatoms. The van der Waals surface area contributed by atoms with Crippen LogP contribution in [-0.4, -0.2) is 0 Å². The van der Waals surface area contributed by atoms with Gasteiger partial charge in [0.05, 0.1) is 0 Å². The van der Waals surface area contributed by atoms with Crippen LogP contribution in [0.2, 0.25) is 0 Å². The zero-order chi connectivity index (χ0) is 13.0. The molecule has 0 saturated heterocycles. The molecule has 0 aromatic heterocycles. The van der Waals surface area contributed by atoms with Crippen molar-refractivity contribution < 1.29 is 0 Å². The van der Waals surface area contributed by atoms with Crippen molar-refractivity contribution in [2.75, 3.05) is 0 Å². The van der Waals surface area contributed by atoms with Gasteiger partial charge in [-0.05, 0) is 17.8 Å².